The first kappa shape index (κ1) is 30.3. The van der Waals surface area contributed by atoms with Crippen LogP contribution >= 0.6 is 0 Å². The van der Waals surface area contributed by atoms with Gasteiger partial charge in [-0.3, -0.25) is 4.99 Å². The van der Waals surface area contributed by atoms with Crippen molar-refractivity contribution in [3.8, 4) is 16.9 Å². The third-order valence-electron chi connectivity index (χ3n) is 6.97. The molecule has 3 heterocycles. The first-order valence-corrected chi connectivity index (χ1v) is 13.8. The monoisotopic (exact) mass is 537 g/mol. The summed E-state index contributed by atoms with van der Waals surface area (Å²) in [6.07, 6.45) is 5.35. The highest BCUT2D eigenvalue weighted by molar-refractivity contribution is 6.00. The number of hydrogen-bond donors (Lipinski definition) is 3. The van der Waals surface area contributed by atoms with E-state index in [9.17, 15) is 5.11 Å². The molecular weight excluding hydrogens is 493 g/mol. The molecule has 7 nitrogen and oxygen atoms in total. The first-order chi connectivity index (χ1) is 18.7. The molecule has 0 fully saturated rings. The van der Waals surface area contributed by atoms with Crippen LogP contribution in [0.5, 0.6) is 5.75 Å². The van der Waals surface area contributed by atoms with Gasteiger partial charge < -0.3 is 25.3 Å². The summed E-state index contributed by atoms with van der Waals surface area (Å²) in [6.45, 7) is 10.8. The average molecular weight is 538 g/mol. The van der Waals surface area contributed by atoms with Gasteiger partial charge in [0.05, 0.1) is 24.6 Å². The van der Waals surface area contributed by atoms with Crippen LogP contribution in [-0.4, -0.2) is 47.0 Å². The lowest BCUT2D eigenvalue weighted by molar-refractivity contribution is 0.0926. The van der Waals surface area contributed by atoms with E-state index in [1.54, 1.807) is 13.1 Å². The number of nitrogens with one attached hydrogen (secondary N) is 1. The molecule has 0 spiro atoms. The number of hydrogen-bond acceptors (Lipinski definition) is 6. The highest BCUT2D eigenvalue weighted by atomic mass is 19.1. The van der Waals surface area contributed by atoms with E-state index in [0.29, 0.717) is 49.2 Å². The van der Waals surface area contributed by atoms with E-state index in [-0.39, 0.29) is 12.4 Å². The zero-order valence-corrected chi connectivity index (χ0v) is 24.4. The number of nitrogens with zero attached hydrogens (tertiary/aromatic N) is 3. The van der Waals surface area contributed by atoms with Gasteiger partial charge in [-0.1, -0.05) is 34.6 Å². The second kappa shape index (κ2) is 13.2. The molecule has 1 aliphatic rings. The summed E-state index contributed by atoms with van der Waals surface area (Å²) in [5, 5.41) is 14.1. The number of pyridine rings is 1. The van der Waals surface area contributed by atoms with Gasteiger partial charge in [-0.2, -0.15) is 0 Å². The van der Waals surface area contributed by atoms with Crippen LogP contribution in [0.2, 0.25) is 0 Å². The SMILES string of the molecule is CC.CN=C1CCCc2c(F)ccc(-c3ccc4ncc(CNC)n4c3)c2OCC/C1=C(/N)C(O)C(C)(C)C. The Balaban J connectivity index is 0.00000205. The number of halogens is 1. The molecule has 1 unspecified atom stereocenters. The van der Waals surface area contributed by atoms with Crippen molar-refractivity contribution in [2.75, 3.05) is 20.7 Å². The van der Waals surface area contributed by atoms with E-state index in [1.165, 1.54) is 6.07 Å². The lowest BCUT2D eigenvalue weighted by Gasteiger charge is -2.29. The minimum Gasteiger partial charge on any atom is -0.492 e. The largest absolute Gasteiger partial charge is 0.492 e. The zero-order valence-electron chi connectivity index (χ0n) is 24.4. The minimum atomic E-state index is -0.809. The van der Waals surface area contributed by atoms with E-state index in [0.717, 1.165) is 33.8 Å². The van der Waals surface area contributed by atoms with Gasteiger partial charge in [0.25, 0.3) is 0 Å². The number of rotatable bonds is 4. The lowest BCUT2D eigenvalue weighted by atomic mass is 9.84. The van der Waals surface area contributed by atoms with Crippen molar-refractivity contribution in [2.45, 2.75) is 73.0 Å². The third kappa shape index (κ3) is 6.68. The molecule has 0 aliphatic carbocycles. The van der Waals surface area contributed by atoms with Crippen LogP contribution in [-0.2, 0) is 13.0 Å². The number of aliphatic imine (C=N–C) groups is 1. The standard InChI is InChI=1S/C29H38FN5O2.C2H6/c1-29(2,3)28(36)26(31)22-13-14-37-27-20(10-11-23(30)21(27)7-6-8-24(22)33-5)18-9-12-25-34-16-19(15-32-4)35(25)17-18;1-2/h9-12,16-17,28,32,36H,6-8,13-15,31H2,1-5H3;1-2H3/b26-22-,33-24?;. The van der Waals surface area contributed by atoms with Gasteiger partial charge in [-0.05, 0) is 61.6 Å². The molecule has 4 N–H and O–H groups in total. The van der Waals surface area contributed by atoms with E-state index in [1.807, 2.05) is 70.6 Å². The summed E-state index contributed by atoms with van der Waals surface area (Å²) >= 11 is 0. The normalized spacial score (nSPS) is 17.6. The molecule has 0 saturated heterocycles. The quantitative estimate of drug-likeness (QED) is 0.398. The Morgan fingerprint density at radius 1 is 1.21 bits per heavy atom. The van der Waals surface area contributed by atoms with Crippen molar-refractivity contribution >= 4 is 11.4 Å². The number of aliphatic hydroxyl groups is 1. The number of aliphatic hydroxyl groups excluding tert-OH is 1. The van der Waals surface area contributed by atoms with Crippen molar-refractivity contribution in [3.05, 3.63) is 65.0 Å². The van der Waals surface area contributed by atoms with E-state index in [4.69, 9.17) is 10.5 Å². The van der Waals surface area contributed by atoms with Gasteiger partial charge in [0.2, 0.25) is 0 Å². The summed E-state index contributed by atoms with van der Waals surface area (Å²) in [4.78, 5) is 8.96. The molecular formula is C31H44FN5O2. The molecule has 2 aromatic heterocycles. The fourth-order valence-corrected chi connectivity index (χ4v) is 4.90. The lowest BCUT2D eigenvalue weighted by Crippen LogP contribution is -2.34. The van der Waals surface area contributed by atoms with Crippen molar-refractivity contribution in [3.63, 3.8) is 0 Å². The minimum absolute atomic E-state index is 0.271. The summed E-state index contributed by atoms with van der Waals surface area (Å²) in [7, 11) is 3.63. The van der Waals surface area contributed by atoms with Crippen molar-refractivity contribution in [1.82, 2.24) is 14.7 Å². The molecule has 0 radical (unpaired) electrons. The molecule has 212 valence electrons. The third-order valence-corrected chi connectivity index (χ3v) is 6.97. The number of imidazole rings is 1. The predicted octanol–water partition coefficient (Wildman–Crippen LogP) is 5.68. The molecule has 1 aromatic carbocycles. The average Bonchev–Trinajstić information content (AvgIpc) is 3.33. The molecule has 4 rings (SSSR count). The number of nitrogens with two attached hydrogens (primary N) is 1. The summed E-state index contributed by atoms with van der Waals surface area (Å²) in [5.74, 6) is 0.285. The van der Waals surface area contributed by atoms with Crippen molar-refractivity contribution in [2.24, 2.45) is 16.1 Å². The fraction of sp³-hybridized carbons (Fsp3) is 0.484. The molecule has 3 aromatic rings. The number of fused-ring (bicyclic) bond motifs is 2. The Hall–Kier alpha value is -3.23. The van der Waals surface area contributed by atoms with E-state index < -0.39 is 11.5 Å². The van der Waals surface area contributed by atoms with Crippen LogP contribution in [0.25, 0.3) is 16.8 Å². The summed E-state index contributed by atoms with van der Waals surface area (Å²) in [6, 6.07) is 7.26. The topological polar surface area (TPSA) is 97.2 Å². The molecule has 0 bridgehead atoms. The van der Waals surface area contributed by atoms with Gasteiger partial charge in [0.15, 0.2) is 0 Å². The van der Waals surface area contributed by atoms with Crippen molar-refractivity contribution < 1.29 is 14.2 Å². The van der Waals surface area contributed by atoms with Gasteiger partial charge >= 0.3 is 0 Å². The fourth-order valence-electron chi connectivity index (χ4n) is 4.90. The molecule has 8 heteroatoms. The van der Waals surface area contributed by atoms with Crippen LogP contribution in [0, 0.1) is 11.2 Å². The Morgan fingerprint density at radius 2 is 1.95 bits per heavy atom. The van der Waals surface area contributed by atoms with Crippen LogP contribution in [0.1, 0.15) is 65.1 Å². The van der Waals surface area contributed by atoms with Crippen LogP contribution in [0.4, 0.5) is 4.39 Å². The number of aromatic nitrogens is 2. The summed E-state index contributed by atoms with van der Waals surface area (Å²) < 4.78 is 23.5. The maximum Gasteiger partial charge on any atom is 0.136 e. The Morgan fingerprint density at radius 3 is 2.62 bits per heavy atom. The highest BCUT2D eigenvalue weighted by Crippen LogP contribution is 2.37. The molecule has 0 saturated carbocycles. The van der Waals surface area contributed by atoms with Gasteiger partial charge in [0, 0.05) is 54.3 Å². The maximum absolute atomic E-state index is 15.1. The second-order valence-electron chi connectivity index (χ2n) is 10.7. The van der Waals surface area contributed by atoms with Gasteiger partial charge in [-0.25, -0.2) is 9.37 Å². The Kier molecular flexibility index (Phi) is 10.3. The molecule has 1 aliphatic heterocycles. The van der Waals surface area contributed by atoms with E-state index >= 15 is 4.39 Å². The second-order valence-corrected chi connectivity index (χ2v) is 10.7. The molecule has 0 amide bonds. The molecule has 39 heavy (non-hydrogen) atoms. The maximum atomic E-state index is 15.1. The number of benzene rings is 1. The smallest absolute Gasteiger partial charge is 0.136 e. The van der Waals surface area contributed by atoms with Crippen molar-refractivity contribution in [1.29, 1.82) is 0 Å². The van der Waals surface area contributed by atoms with E-state index in [2.05, 4.69) is 15.3 Å². The van der Waals surface area contributed by atoms with Crippen LogP contribution < -0.4 is 15.8 Å². The van der Waals surface area contributed by atoms with Gasteiger partial charge in [-0.15, -0.1) is 0 Å². The Bertz CT molecular complexity index is 1340. The zero-order chi connectivity index (χ0) is 28.7. The Labute approximate surface area is 232 Å². The summed E-state index contributed by atoms with van der Waals surface area (Å²) in [5.41, 5.74) is 12.4. The first-order valence-electron chi connectivity index (χ1n) is 13.8. The number of ether oxygens (including phenoxy) is 1. The predicted molar refractivity (Wildman–Crippen MR) is 158 cm³/mol. The van der Waals surface area contributed by atoms with Crippen LogP contribution in [0.15, 0.2) is 52.9 Å². The highest BCUT2D eigenvalue weighted by Gasteiger charge is 2.28. The molecule has 1 atom stereocenters. The van der Waals surface area contributed by atoms with Crippen LogP contribution in [0.3, 0.4) is 0 Å². The van der Waals surface area contributed by atoms with Gasteiger partial charge in [0.1, 0.15) is 17.2 Å².